The highest BCUT2D eigenvalue weighted by Gasteiger charge is 1.95. The Hall–Kier alpha value is -0.960. The van der Waals surface area contributed by atoms with Crippen LogP contribution < -0.4 is 4.74 Å². The molecule has 0 bridgehead atoms. The quantitative estimate of drug-likeness (QED) is 0.514. The van der Waals surface area contributed by atoms with Crippen molar-refractivity contribution in [1.29, 1.82) is 5.41 Å². The Morgan fingerprint density at radius 1 is 1.36 bits per heavy atom. The van der Waals surface area contributed by atoms with Gasteiger partial charge in [-0.1, -0.05) is 30.0 Å². The lowest BCUT2D eigenvalue weighted by atomic mass is 10.3. The summed E-state index contributed by atoms with van der Waals surface area (Å²) in [5.41, 5.74) is 0. The predicted molar refractivity (Wildman–Crippen MR) is 48.3 cm³/mol. The van der Waals surface area contributed by atoms with E-state index >= 15 is 0 Å². The van der Waals surface area contributed by atoms with Crippen LogP contribution in [0.4, 0.5) is 0 Å². The van der Waals surface area contributed by atoms with Gasteiger partial charge in [0.15, 0.2) is 0 Å². The fourth-order valence-corrected chi connectivity index (χ4v) is 0.817. The molecule has 0 aliphatic rings. The number of ether oxygens (including phenoxy) is 1. The summed E-state index contributed by atoms with van der Waals surface area (Å²) in [6.07, 6.45) is 1.81. The number of benzene rings is 1. The van der Waals surface area contributed by atoms with Crippen LogP contribution in [0.25, 0.3) is 0 Å². The molecule has 1 aromatic carbocycles. The summed E-state index contributed by atoms with van der Waals surface area (Å²) in [5, 5.41) is 7.43. The third kappa shape index (κ3) is 2.63. The molecule has 1 N–H and O–H groups in total. The maximum atomic E-state index is 7.22. The van der Waals surface area contributed by atoms with E-state index in [2.05, 4.69) is 0 Å². The van der Waals surface area contributed by atoms with Gasteiger partial charge in [0.05, 0.1) is 0 Å². The Morgan fingerprint density at radius 2 is 2.00 bits per heavy atom. The van der Waals surface area contributed by atoms with E-state index in [0.29, 0.717) is 5.75 Å². The summed E-state index contributed by atoms with van der Waals surface area (Å²) in [6.45, 7) is 0. The van der Waals surface area contributed by atoms with Gasteiger partial charge in [0.2, 0.25) is 5.23 Å². The molecule has 0 spiro atoms. The Labute approximate surface area is 70.1 Å². The average molecular weight is 167 g/mol. The van der Waals surface area contributed by atoms with Crippen LogP contribution in [-0.2, 0) is 0 Å². The van der Waals surface area contributed by atoms with Gasteiger partial charge in [-0.05, 0) is 18.4 Å². The molecule has 1 rings (SSSR count). The van der Waals surface area contributed by atoms with Crippen LogP contribution in [0.1, 0.15) is 0 Å². The van der Waals surface area contributed by atoms with Crippen LogP contribution in [0.2, 0.25) is 0 Å². The van der Waals surface area contributed by atoms with Crippen LogP contribution in [0.15, 0.2) is 30.3 Å². The van der Waals surface area contributed by atoms with Gasteiger partial charge in [-0.3, -0.25) is 5.41 Å². The normalized spacial score (nSPS) is 9.18. The lowest BCUT2D eigenvalue weighted by molar-refractivity contribution is 0.562. The van der Waals surface area contributed by atoms with Crippen molar-refractivity contribution in [1.82, 2.24) is 0 Å². The van der Waals surface area contributed by atoms with E-state index in [4.69, 9.17) is 10.1 Å². The summed E-state index contributed by atoms with van der Waals surface area (Å²) < 4.78 is 5.11. The van der Waals surface area contributed by atoms with Crippen molar-refractivity contribution in [2.45, 2.75) is 0 Å². The van der Waals surface area contributed by atoms with Crippen molar-refractivity contribution in [2.24, 2.45) is 0 Å². The Bertz CT molecular complexity index is 235. The number of thioether (sulfide) groups is 1. The molecule has 0 aliphatic carbocycles. The van der Waals surface area contributed by atoms with E-state index in [1.54, 1.807) is 0 Å². The molecule has 11 heavy (non-hydrogen) atoms. The Balaban J connectivity index is 2.58. The molecule has 3 heteroatoms. The van der Waals surface area contributed by atoms with E-state index < -0.39 is 0 Å². The van der Waals surface area contributed by atoms with E-state index in [9.17, 15) is 0 Å². The SMILES string of the molecule is CSC(=N)Oc1ccccc1. The van der Waals surface area contributed by atoms with Crippen molar-refractivity contribution < 1.29 is 4.74 Å². The summed E-state index contributed by atoms with van der Waals surface area (Å²) in [6, 6.07) is 9.32. The zero-order valence-electron chi connectivity index (χ0n) is 6.20. The second kappa shape index (κ2) is 4.03. The molecule has 0 heterocycles. The summed E-state index contributed by atoms with van der Waals surface area (Å²) in [4.78, 5) is 0. The smallest absolute Gasteiger partial charge is 0.248 e. The third-order valence-corrected chi connectivity index (χ3v) is 1.59. The maximum Gasteiger partial charge on any atom is 0.248 e. The molecule has 0 atom stereocenters. The average Bonchev–Trinajstić information content (AvgIpc) is 2.06. The number of para-hydroxylation sites is 1. The molecule has 0 fully saturated rings. The van der Waals surface area contributed by atoms with Crippen LogP contribution >= 0.6 is 11.8 Å². The summed E-state index contributed by atoms with van der Waals surface area (Å²) >= 11 is 1.28. The van der Waals surface area contributed by atoms with Crippen LogP contribution in [0, 0.1) is 5.41 Å². The minimum Gasteiger partial charge on any atom is -0.434 e. The lowest BCUT2D eigenvalue weighted by Gasteiger charge is -2.02. The molecule has 0 radical (unpaired) electrons. The van der Waals surface area contributed by atoms with Gasteiger partial charge in [-0.2, -0.15) is 0 Å². The van der Waals surface area contributed by atoms with Crippen molar-refractivity contribution >= 4 is 17.0 Å². The predicted octanol–water partition coefficient (Wildman–Crippen LogP) is 2.36. The van der Waals surface area contributed by atoms with Crippen LogP contribution in [0.5, 0.6) is 5.75 Å². The highest BCUT2D eigenvalue weighted by Crippen LogP contribution is 2.10. The van der Waals surface area contributed by atoms with Crippen molar-refractivity contribution in [3.05, 3.63) is 30.3 Å². The monoisotopic (exact) mass is 167 g/mol. The van der Waals surface area contributed by atoms with Crippen molar-refractivity contribution in [2.75, 3.05) is 6.26 Å². The molecule has 0 unspecified atom stereocenters. The fraction of sp³-hybridized carbons (Fsp3) is 0.125. The van der Waals surface area contributed by atoms with Gasteiger partial charge >= 0.3 is 0 Å². The largest absolute Gasteiger partial charge is 0.434 e. The number of hydrogen-bond acceptors (Lipinski definition) is 3. The first-order valence-corrected chi connectivity index (χ1v) is 4.41. The van der Waals surface area contributed by atoms with Gasteiger partial charge < -0.3 is 4.74 Å². The fourth-order valence-electron chi connectivity index (χ4n) is 0.637. The molecule has 0 saturated carbocycles. The highest BCUT2D eigenvalue weighted by atomic mass is 32.2. The van der Waals surface area contributed by atoms with E-state index in [-0.39, 0.29) is 5.23 Å². The van der Waals surface area contributed by atoms with E-state index in [1.807, 2.05) is 36.6 Å². The number of hydrogen-bond donors (Lipinski definition) is 1. The van der Waals surface area contributed by atoms with Gasteiger partial charge in [-0.25, -0.2) is 0 Å². The first kappa shape index (κ1) is 8.14. The minimum atomic E-state index is 0.219. The van der Waals surface area contributed by atoms with Crippen LogP contribution in [0.3, 0.4) is 0 Å². The second-order valence-corrected chi connectivity index (χ2v) is 2.69. The van der Waals surface area contributed by atoms with Gasteiger partial charge in [0.1, 0.15) is 5.75 Å². The molecule has 0 aromatic heterocycles. The molecule has 0 aliphatic heterocycles. The minimum absolute atomic E-state index is 0.219. The highest BCUT2D eigenvalue weighted by molar-refractivity contribution is 8.12. The Kier molecular flexibility index (Phi) is 2.98. The molecule has 58 valence electrons. The van der Waals surface area contributed by atoms with E-state index in [0.717, 1.165) is 0 Å². The van der Waals surface area contributed by atoms with Gasteiger partial charge in [0, 0.05) is 0 Å². The molecule has 2 nitrogen and oxygen atoms in total. The molecule has 0 saturated heterocycles. The van der Waals surface area contributed by atoms with E-state index in [1.165, 1.54) is 11.8 Å². The van der Waals surface area contributed by atoms with Crippen LogP contribution in [-0.4, -0.2) is 11.5 Å². The molecule has 1 aromatic rings. The van der Waals surface area contributed by atoms with Crippen molar-refractivity contribution in [3.63, 3.8) is 0 Å². The van der Waals surface area contributed by atoms with Gasteiger partial charge in [-0.15, -0.1) is 0 Å². The number of rotatable bonds is 1. The first-order valence-electron chi connectivity index (χ1n) is 3.18. The molecular weight excluding hydrogens is 158 g/mol. The van der Waals surface area contributed by atoms with Crippen molar-refractivity contribution in [3.8, 4) is 5.75 Å². The molecular formula is C8H9NOS. The summed E-state index contributed by atoms with van der Waals surface area (Å²) in [5.74, 6) is 0.715. The number of nitrogens with one attached hydrogen (secondary N) is 1. The third-order valence-electron chi connectivity index (χ3n) is 1.14. The van der Waals surface area contributed by atoms with Gasteiger partial charge in [0.25, 0.3) is 0 Å². The lowest BCUT2D eigenvalue weighted by Crippen LogP contribution is -1.99. The maximum absolute atomic E-state index is 7.22. The zero-order valence-corrected chi connectivity index (χ0v) is 7.02. The first-order chi connectivity index (χ1) is 5.33. The second-order valence-electron chi connectivity index (χ2n) is 1.91. The molecule has 0 amide bonds. The topological polar surface area (TPSA) is 33.1 Å². The summed E-state index contributed by atoms with van der Waals surface area (Å²) in [7, 11) is 0. The zero-order chi connectivity index (χ0) is 8.10. The standard InChI is InChI=1S/C8H9NOS/c1-11-8(9)10-7-5-3-2-4-6-7/h2-6,9H,1H3. The Morgan fingerprint density at radius 3 is 2.55 bits per heavy atom.